The fraction of sp³-hybridized carbons (Fsp3) is 0.600. The molecule has 0 aliphatic heterocycles. The number of hydrogen-bond acceptors (Lipinski definition) is 2. The Labute approximate surface area is 134 Å². The van der Waals surface area contributed by atoms with E-state index in [0.29, 0.717) is 0 Å². The van der Waals surface area contributed by atoms with Crippen LogP contribution in [-0.4, -0.2) is 21.4 Å². The summed E-state index contributed by atoms with van der Waals surface area (Å²) >= 11 is 0. The Balaban J connectivity index is 2.55. The molecule has 2 heteroatoms. The molecule has 0 aromatic rings. The minimum Gasteiger partial charge on any atom is -0.386 e. The minimum absolute atomic E-state index is 0.252. The second kappa shape index (κ2) is 5.82. The van der Waals surface area contributed by atoms with Crippen LogP contribution in [0.3, 0.4) is 0 Å². The maximum atomic E-state index is 10.5. The molecule has 22 heavy (non-hydrogen) atoms. The number of allylic oxidation sites excluding steroid dienone is 4. The van der Waals surface area contributed by atoms with E-state index in [4.69, 9.17) is 0 Å². The minimum atomic E-state index is -0.787. The molecule has 0 heterocycles. The zero-order valence-corrected chi connectivity index (χ0v) is 14.4. The molecule has 0 spiro atoms. The van der Waals surface area contributed by atoms with Crippen molar-refractivity contribution < 1.29 is 10.2 Å². The van der Waals surface area contributed by atoms with Crippen LogP contribution in [0.1, 0.15) is 53.4 Å². The standard InChI is InChI=1S/C20H30O2/c1-13(2)15-7-9-19(5,21)11-17(15)18-12-20(6,22)10-8-16(18)14(3)4/h11-12,15-16,21-22H,1,3,7-10H2,2,4-6H3/t15-,16?,19+,20?/m1/s1. The van der Waals surface area contributed by atoms with E-state index >= 15 is 0 Å². The topological polar surface area (TPSA) is 40.5 Å². The first-order valence-corrected chi connectivity index (χ1v) is 8.24. The molecule has 122 valence electrons. The van der Waals surface area contributed by atoms with Gasteiger partial charge in [0.2, 0.25) is 0 Å². The highest BCUT2D eigenvalue weighted by molar-refractivity contribution is 5.46. The van der Waals surface area contributed by atoms with Crippen molar-refractivity contribution in [2.45, 2.75) is 64.6 Å². The zero-order chi connectivity index (χ0) is 16.7. The predicted molar refractivity (Wildman–Crippen MR) is 92.5 cm³/mol. The third-order valence-electron chi connectivity index (χ3n) is 5.09. The molecule has 0 saturated carbocycles. The third kappa shape index (κ3) is 3.61. The second-order valence-corrected chi connectivity index (χ2v) is 7.79. The summed E-state index contributed by atoms with van der Waals surface area (Å²) in [7, 11) is 0. The maximum Gasteiger partial charge on any atom is 0.0806 e. The second-order valence-electron chi connectivity index (χ2n) is 7.79. The van der Waals surface area contributed by atoms with Gasteiger partial charge >= 0.3 is 0 Å². The number of hydrogen-bond donors (Lipinski definition) is 2. The van der Waals surface area contributed by atoms with Crippen LogP contribution in [0, 0.1) is 11.8 Å². The Morgan fingerprint density at radius 1 is 0.909 bits per heavy atom. The van der Waals surface area contributed by atoms with Crippen LogP contribution < -0.4 is 0 Å². The van der Waals surface area contributed by atoms with Gasteiger partial charge in [-0.25, -0.2) is 0 Å². The van der Waals surface area contributed by atoms with E-state index in [0.717, 1.165) is 48.0 Å². The van der Waals surface area contributed by atoms with Gasteiger partial charge in [0.15, 0.2) is 0 Å². The molecule has 4 atom stereocenters. The van der Waals surface area contributed by atoms with Crippen molar-refractivity contribution in [3.05, 3.63) is 47.6 Å². The smallest absolute Gasteiger partial charge is 0.0806 e. The lowest BCUT2D eigenvalue weighted by Crippen LogP contribution is -2.34. The van der Waals surface area contributed by atoms with Crippen LogP contribution in [0.25, 0.3) is 0 Å². The molecule has 0 fully saturated rings. The Morgan fingerprint density at radius 3 is 1.50 bits per heavy atom. The Hall–Kier alpha value is -1.12. The monoisotopic (exact) mass is 302 g/mol. The van der Waals surface area contributed by atoms with Gasteiger partial charge in [-0.15, -0.1) is 0 Å². The highest BCUT2D eigenvalue weighted by Gasteiger charge is 2.37. The van der Waals surface area contributed by atoms with Crippen LogP contribution >= 0.6 is 0 Å². The fourth-order valence-electron chi connectivity index (χ4n) is 3.79. The SMILES string of the molecule is C=C(C)C1CCC(C)(O)C=C1C1=C[C@@](C)(O)CC[C@@H]1C(=C)C. The Kier molecular flexibility index (Phi) is 4.56. The number of rotatable bonds is 3. The van der Waals surface area contributed by atoms with Crippen molar-refractivity contribution in [3.8, 4) is 0 Å². The van der Waals surface area contributed by atoms with Crippen molar-refractivity contribution in [1.29, 1.82) is 0 Å². The first-order valence-electron chi connectivity index (χ1n) is 8.24. The van der Waals surface area contributed by atoms with Gasteiger partial charge in [-0.05, 0) is 76.7 Å². The van der Waals surface area contributed by atoms with E-state index in [2.05, 4.69) is 27.0 Å². The molecule has 2 aliphatic carbocycles. The molecule has 0 bridgehead atoms. The normalized spacial score (nSPS) is 39.0. The summed E-state index contributed by atoms with van der Waals surface area (Å²) in [5.41, 5.74) is 2.94. The molecule has 0 aromatic carbocycles. The van der Waals surface area contributed by atoms with Crippen LogP contribution in [0.5, 0.6) is 0 Å². The van der Waals surface area contributed by atoms with Gasteiger partial charge < -0.3 is 10.2 Å². The highest BCUT2D eigenvalue weighted by atomic mass is 16.3. The van der Waals surface area contributed by atoms with Gasteiger partial charge in [0.05, 0.1) is 11.2 Å². The quantitative estimate of drug-likeness (QED) is 0.763. The molecule has 2 rings (SSSR count). The molecular formula is C20H30O2. The molecule has 2 aliphatic rings. The van der Waals surface area contributed by atoms with E-state index < -0.39 is 11.2 Å². The lowest BCUT2D eigenvalue weighted by atomic mass is 9.67. The van der Waals surface area contributed by atoms with Gasteiger partial charge in [0, 0.05) is 11.8 Å². The molecule has 0 saturated heterocycles. The van der Waals surface area contributed by atoms with E-state index in [1.54, 1.807) is 0 Å². The maximum absolute atomic E-state index is 10.5. The first kappa shape index (κ1) is 17.2. The summed E-state index contributed by atoms with van der Waals surface area (Å²) in [5.74, 6) is 0.504. The summed E-state index contributed by atoms with van der Waals surface area (Å²) in [5, 5.41) is 21.0. The predicted octanol–water partition coefficient (Wildman–Crippen LogP) is 4.31. The van der Waals surface area contributed by atoms with Crippen LogP contribution in [0.2, 0.25) is 0 Å². The summed E-state index contributed by atoms with van der Waals surface area (Å²) in [6, 6.07) is 0. The van der Waals surface area contributed by atoms with Gasteiger partial charge in [0.25, 0.3) is 0 Å². The zero-order valence-electron chi connectivity index (χ0n) is 14.4. The third-order valence-corrected chi connectivity index (χ3v) is 5.09. The van der Waals surface area contributed by atoms with Crippen LogP contribution in [0.4, 0.5) is 0 Å². The van der Waals surface area contributed by atoms with Gasteiger partial charge in [-0.2, -0.15) is 0 Å². The van der Waals surface area contributed by atoms with Crippen molar-refractivity contribution in [1.82, 2.24) is 0 Å². The molecule has 0 radical (unpaired) electrons. The summed E-state index contributed by atoms with van der Waals surface area (Å²) < 4.78 is 0. The molecule has 0 aromatic heterocycles. The van der Waals surface area contributed by atoms with Crippen molar-refractivity contribution in [3.63, 3.8) is 0 Å². The molecule has 2 nitrogen and oxygen atoms in total. The molecule has 0 amide bonds. The Morgan fingerprint density at radius 2 is 1.23 bits per heavy atom. The Bertz CT molecular complexity index is 496. The average Bonchev–Trinajstić information content (AvgIpc) is 2.35. The summed E-state index contributed by atoms with van der Waals surface area (Å²) in [6.45, 7) is 16.1. The van der Waals surface area contributed by atoms with Gasteiger partial charge in [-0.3, -0.25) is 0 Å². The van der Waals surface area contributed by atoms with E-state index in [-0.39, 0.29) is 11.8 Å². The van der Waals surface area contributed by atoms with E-state index in [1.165, 1.54) is 0 Å². The summed E-state index contributed by atoms with van der Waals surface area (Å²) in [6.07, 6.45) is 7.26. The first-order chi connectivity index (χ1) is 10.0. The van der Waals surface area contributed by atoms with Gasteiger partial charge in [0.1, 0.15) is 0 Å². The molecule has 2 unspecified atom stereocenters. The fourth-order valence-corrected chi connectivity index (χ4v) is 3.79. The largest absolute Gasteiger partial charge is 0.386 e. The van der Waals surface area contributed by atoms with E-state index in [1.807, 2.05) is 26.0 Å². The van der Waals surface area contributed by atoms with Crippen molar-refractivity contribution in [2.24, 2.45) is 11.8 Å². The molecular weight excluding hydrogens is 272 g/mol. The van der Waals surface area contributed by atoms with Crippen molar-refractivity contribution in [2.75, 3.05) is 0 Å². The number of aliphatic hydroxyl groups is 2. The van der Waals surface area contributed by atoms with Gasteiger partial charge in [-0.1, -0.05) is 24.3 Å². The lowest BCUT2D eigenvalue weighted by molar-refractivity contribution is 0.0821. The van der Waals surface area contributed by atoms with Crippen LogP contribution in [0.15, 0.2) is 47.6 Å². The molecule has 2 N–H and O–H groups in total. The summed E-state index contributed by atoms with van der Waals surface area (Å²) in [4.78, 5) is 0. The van der Waals surface area contributed by atoms with Crippen LogP contribution in [-0.2, 0) is 0 Å². The van der Waals surface area contributed by atoms with E-state index in [9.17, 15) is 10.2 Å². The van der Waals surface area contributed by atoms with Crippen molar-refractivity contribution >= 4 is 0 Å². The lowest BCUT2D eigenvalue weighted by Gasteiger charge is -2.40. The average molecular weight is 302 g/mol. The highest BCUT2D eigenvalue weighted by Crippen LogP contribution is 2.45.